The van der Waals surface area contributed by atoms with E-state index in [9.17, 15) is 10.1 Å². The highest BCUT2D eigenvalue weighted by Crippen LogP contribution is 2.51. The number of Topliss-reactive ketones (excluding diaryl/α,β-unsaturated/α-hetero) is 1. The molecule has 0 saturated carbocycles. The van der Waals surface area contributed by atoms with E-state index in [-0.39, 0.29) is 11.7 Å². The van der Waals surface area contributed by atoms with Crippen molar-refractivity contribution < 1.29 is 4.79 Å². The Kier molecular flexibility index (Phi) is 6.27. The van der Waals surface area contributed by atoms with Crippen LogP contribution in [0.2, 0.25) is 0 Å². The molecule has 2 N–H and O–H groups in total. The van der Waals surface area contributed by atoms with Crippen LogP contribution in [0.4, 0.5) is 5.69 Å². The number of anilines is 1. The van der Waals surface area contributed by atoms with Crippen molar-refractivity contribution in [3.8, 4) is 6.07 Å². The van der Waals surface area contributed by atoms with E-state index in [1.54, 1.807) is 35.5 Å². The smallest absolute Gasteiger partial charge is 0.162 e. The first-order valence-electron chi connectivity index (χ1n) is 11.2. The predicted octanol–water partition coefficient (Wildman–Crippen LogP) is 5.95. The van der Waals surface area contributed by atoms with Crippen LogP contribution in [-0.4, -0.2) is 16.5 Å². The van der Waals surface area contributed by atoms with E-state index in [4.69, 9.17) is 5.73 Å². The second-order valence-corrected chi connectivity index (χ2v) is 10.7. The Morgan fingerprint density at radius 3 is 2.74 bits per heavy atom. The summed E-state index contributed by atoms with van der Waals surface area (Å²) in [6.07, 6.45) is 4.51. The van der Waals surface area contributed by atoms with Crippen molar-refractivity contribution in [2.75, 3.05) is 10.7 Å². The first kappa shape index (κ1) is 22.5. The zero-order valence-electron chi connectivity index (χ0n) is 18.8. The highest BCUT2D eigenvalue weighted by Gasteiger charge is 2.43. The predicted molar refractivity (Wildman–Crippen MR) is 137 cm³/mol. The summed E-state index contributed by atoms with van der Waals surface area (Å²) in [5.74, 6) is 0.972. The molecule has 0 unspecified atom stereocenters. The van der Waals surface area contributed by atoms with Gasteiger partial charge in [-0.25, -0.2) is 0 Å². The van der Waals surface area contributed by atoms with Gasteiger partial charge in [-0.15, -0.1) is 23.1 Å². The molecule has 0 amide bonds. The van der Waals surface area contributed by atoms with Crippen LogP contribution in [0.3, 0.4) is 0 Å². The second kappa shape index (κ2) is 9.49. The summed E-state index contributed by atoms with van der Waals surface area (Å²) in [5.41, 5.74) is 11.6. The molecule has 1 aliphatic carbocycles. The van der Waals surface area contributed by atoms with Crippen LogP contribution in [0.5, 0.6) is 0 Å². The van der Waals surface area contributed by atoms with Gasteiger partial charge >= 0.3 is 0 Å². The molecule has 3 aromatic rings. The Hall–Kier alpha value is -3.34. The van der Waals surface area contributed by atoms with Gasteiger partial charge in [-0.1, -0.05) is 37.3 Å². The van der Waals surface area contributed by atoms with Gasteiger partial charge in [0.2, 0.25) is 0 Å². The minimum Gasteiger partial charge on any atom is -0.384 e. The monoisotopic (exact) mass is 484 g/mol. The molecule has 5 nitrogen and oxygen atoms in total. The van der Waals surface area contributed by atoms with Gasteiger partial charge in [0.1, 0.15) is 5.82 Å². The topological polar surface area (TPSA) is 83.0 Å². The number of nitrogens with two attached hydrogens (primary N) is 1. The molecule has 1 aromatic carbocycles. The van der Waals surface area contributed by atoms with Gasteiger partial charge in [-0.05, 0) is 52.8 Å². The average Bonchev–Trinajstić information content (AvgIpc) is 3.32. The van der Waals surface area contributed by atoms with E-state index in [1.807, 2.05) is 46.7 Å². The fraction of sp³-hybridized carbons (Fsp3) is 0.222. The Bertz CT molecular complexity index is 1320. The number of nitrogens with zero attached hydrogens (tertiary/aromatic N) is 3. The summed E-state index contributed by atoms with van der Waals surface area (Å²) in [7, 11) is 0. The molecule has 5 rings (SSSR count). The minimum atomic E-state index is -0.447. The molecule has 170 valence electrons. The number of rotatable bonds is 5. The average molecular weight is 485 g/mol. The molecule has 34 heavy (non-hydrogen) atoms. The highest BCUT2D eigenvalue weighted by molar-refractivity contribution is 8.01. The molecule has 7 heteroatoms. The van der Waals surface area contributed by atoms with Crippen LogP contribution in [0.25, 0.3) is 0 Å². The van der Waals surface area contributed by atoms with Gasteiger partial charge in [0.25, 0.3) is 0 Å². The number of carbonyl (C=O) groups excluding carboxylic acids is 1. The number of hydrogen-bond acceptors (Lipinski definition) is 7. The molecular weight excluding hydrogens is 460 g/mol. The van der Waals surface area contributed by atoms with Crippen molar-refractivity contribution >= 4 is 34.6 Å². The summed E-state index contributed by atoms with van der Waals surface area (Å²) in [5, 5.41) is 12.3. The van der Waals surface area contributed by atoms with Crippen LogP contribution in [0.15, 0.2) is 93.2 Å². The summed E-state index contributed by atoms with van der Waals surface area (Å²) < 4.78 is 1.13. The van der Waals surface area contributed by atoms with Crippen molar-refractivity contribution in [1.29, 1.82) is 5.26 Å². The molecule has 1 aliphatic heterocycles. The first-order chi connectivity index (χ1) is 16.6. The van der Waals surface area contributed by atoms with Gasteiger partial charge in [0.05, 0.1) is 33.7 Å². The summed E-state index contributed by atoms with van der Waals surface area (Å²) in [6, 6.07) is 18.3. The SMILES string of the molecule is CCSc1sccc1[C@@H]1C(C#N)=C(N)N(c2cccnc2)C2=C1C(=O)C[C@@H](c1ccccc1)C2. The van der Waals surface area contributed by atoms with Gasteiger partial charge < -0.3 is 5.73 Å². The van der Waals surface area contributed by atoms with Gasteiger partial charge in [-0.2, -0.15) is 5.26 Å². The van der Waals surface area contributed by atoms with Crippen LogP contribution < -0.4 is 10.6 Å². The van der Waals surface area contributed by atoms with Crippen molar-refractivity contribution in [3.05, 3.63) is 100 Å². The number of carbonyl (C=O) groups is 1. The van der Waals surface area contributed by atoms with E-state index in [0.29, 0.717) is 29.8 Å². The Morgan fingerprint density at radius 1 is 1.21 bits per heavy atom. The molecule has 2 aromatic heterocycles. The Morgan fingerprint density at radius 2 is 2.03 bits per heavy atom. The maximum absolute atomic E-state index is 13.9. The number of hydrogen-bond donors (Lipinski definition) is 1. The molecule has 3 heterocycles. The Balaban J connectivity index is 1.72. The number of nitriles is 1. The van der Waals surface area contributed by atoms with Crippen LogP contribution in [-0.2, 0) is 4.79 Å². The maximum Gasteiger partial charge on any atom is 0.162 e. The molecule has 0 saturated heterocycles. The third kappa shape index (κ3) is 3.83. The van der Waals surface area contributed by atoms with E-state index in [2.05, 4.69) is 30.1 Å². The number of thiophene rings is 1. The largest absolute Gasteiger partial charge is 0.384 e. The van der Waals surface area contributed by atoms with E-state index in [1.165, 1.54) is 0 Å². The van der Waals surface area contributed by atoms with E-state index in [0.717, 1.165) is 32.5 Å². The van der Waals surface area contributed by atoms with Crippen molar-refractivity contribution in [1.82, 2.24) is 4.98 Å². The molecule has 0 bridgehead atoms. The second-order valence-electron chi connectivity index (χ2n) is 8.29. The maximum atomic E-state index is 13.9. The lowest BCUT2D eigenvalue weighted by atomic mass is 9.72. The lowest BCUT2D eigenvalue weighted by Crippen LogP contribution is -2.40. The first-order valence-corrected chi connectivity index (χ1v) is 13.1. The number of ketones is 1. The quantitative estimate of drug-likeness (QED) is 0.450. The van der Waals surface area contributed by atoms with Crippen molar-refractivity contribution in [2.24, 2.45) is 5.73 Å². The van der Waals surface area contributed by atoms with Gasteiger partial charge in [0, 0.05) is 23.9 Å². The zero-order valence-corrected chi connectivity index (χ0v) is 20.4. The van der Waals surface area contributed by atoms with Crippen LogP contribution in [0.1, 0.15) is 42.7 Å². The molecule has 2 aliphatic rings. The number of aromatic nitrogens is 1. The number of thioether (sulfide) groups is 1. The van der Waals surface area contributed by atoms with E-state index >= 15 is 0 Å². The molecule has 0 spiro atoms. The summed E-state index contributed by atoms with van der Waals surface area (Å²) in [4.78, 5) is 20.0. The normalized spacial score (nSPS) is 20.4. The number of pyridine rings is 1. The number of allylic oxidation sites excluding steroid dienone is 3. The third-order valence-corrected chi connectivity index (χ3v) is 8.54. The number of benzene rings is 1. The van der Waals surface area contributed by atoms with Crippen molar-refractivity contribution in [2.45, 2.75) is 35.8 Å². The lowest BCUT2D eigenvalue weighted by molar-refractivity contribution is -0.116. The third-order valence-electron chi connectivity index (χ3n) is 6.39. The molecule has 2 atom stereocenters. The van der Waals surface area contributed by atoms with Gasteiger partial charge in [-0.3, -0.25) is 14.7 Å². The lowest BCUT2D eigenvalue weighted by Gasteiger charge is -2.41. The fourth-order valence-electron chi connectivity index (χ4n) is 4.95. The molecule has 0 fully saturated rings. The highest BCUT2D eigenvalue weighted by atomic mass is 32.2. The zero-order chi connectivity index (χ0) is 23.7. The standard InChI is InChI=1S/C27H24N4OS2/c1-2-33-27-20(10-12-34-27)24-21(15-28)26(29)31(19-9-6-11-30-16-19)22-13-18(14-23(32)25(22)24)17-7-4-3-5-8-17/h3-12,16,18,24H,2,13-14,29H2,1H3/t18-,24+/m0/s1. The van der Waals surface area contributed by atoms with Gasteiger partial charge in [0.15, 0.2) is 5.78 Å². The Labute approximate surface area is 207 Å². The fourth-order valence-corrected chi connectivity index (χ4v) is 7.02. The molecule has 0 radical (unpaired) electrons. The minimum absolute atomic E-state index is 0.0515. The summed E-state index contributed by atoms with van der Waals surface area (Å²) >= 11 is 3.39. The molecular formula is C27H24N4OS2. The van der Waals surface area contributed by atoms with Crippen LogP contribution >= 0.6 is 23.1 Å². The van der Waals surface area contributed by atoms with E-state index < -0.39 is 5.92 Å². The summed E-state index contributed by atoms with van der Waals surface area (Å²) in [6.45, 7) is 2.11. The van der Waals surface area contributed by atoms with Crippen molar-refractivity contribution in [3.63, 3.8) is 0 Å². The van der Waals surface area contributed by atoms with Crippen LogP contribution in [0, 0.1) is 11.3 Å².